The quantitative estimate of drug-likeness (QED) is 0.388. The first-order chi connectivity index (χ1) is 10.8. The fraction of sp³-hybridized carbons (Fsp3) is 0.368. The third-order valence-corrected chi connectivity index (χ3v) is 4.21. The van der Waals surface area contributed by atoms with E-state index >= 15 is 0 Å². The van der Waals surface area contributed by atoms with Gasteiger partial charge in [0.15, 0.2) is 0 Å². The van der Waals surface area contributed by atoms with Gasteiger partial charge < -0.3 is 4.74 Å². The highest BCUT2D eigenvalue weighted by molar-refractivity contribution is 6.31. The van der Waals surface area contributed by atoms with Gasteiger partial charge in [0.2, 0.25) is 0 Å². The fourth-order valence-electron chi connectivity index (χ4n) is 2.43. The summed E-state index contributed by atoms with van der Waals surface area (Å²) in [6.45, 7) is 0.729. The summed E-state index contributed by atoms with van der Waals surface area (Å²) in [4.78, 5) is 0. The van der Waals surface area contributed by atoms with Crippen LogP contribution in [0, 0.1) is 0 Å². The van der Waals surface area contributed by atoms with Crippen molar-refractivity contribution in [3.63, 3.8) is 0 Å². The number of benzene rings is 2. The van der Waals surface area contributed by atoms with Crippen LogP contribution < -0.4 is 0 Å². The van der Waals surface area contributed by atoms with Gasteiger partial charge in [-0.2, -0.15) is 0 Å². The number of halogens is 2. The van der Waals surface area contributed by atoms with Gasteiger partial charge >= 0.3 is 0 Å². The van der Waals surface area contributed by atoms with Crippen LogP contribution in [0.2, 0.25) is 5.02 Å². The van der Waals surface area contributed by atoms with Crippen molar-refractivity contribution in [2.24, 2.45) is 0 Å². The Morgan fingerprint density at radius 3 is 2.23 bits per heavy atom. The molecule has 0 N–H and O–H groups in total. The average molecular weight is 337 g/mol. The van der Waals surface area contributed by atoms with Gasteiger partial charge in [-0.3, -0.25) is 0 Å². The van der Waals surface area contributed by atoms with Crippen LogP contribution in [0.3, 0.4) is 0 Å². The van der Waals surface area contributed by atoms with E-state index in [0.29, 0.717) is 0 Å². The zero-order valence-electron chi connectivity index (χ0n) is 12.7. The van der Waals surface area contributed by atoms with Crippen LogP contribution in [-0.2, 0) is 4.74 Å². The molecular formula is C19H22Cl2O. The Morgan fingerprint density at radius 2 is 1.50 bits per heavy atom. The minimum atomic E-state index is -0.108. The van der Waals surface area contributed by atoms with Gasteiger partial charge in [-0.15, -0.1) is 11.6 Å². The van der Waals surface area contributed by atoms with Gasteiger partial charge in [0.1, 0.15) is 6.10 Å². The molecule has 0 radical (unpaired) electrons. The predicted molar refractivity (Wildman–Crippen MR) is 94.9 cm³/mol. The average Bonchev–Trinajstić information content (AvgIpc) is 2.56. The molecule has 0 aliphatic carbocycles. The second-order valence-electron chi connectivity index (χ2n) is 5.29. The summed E-state index contributed by atoms with van der Waals surface area (Å²) in [5, 5.41) is 0.749. The smallest absolute Gasteiger partial charge is 0.109 e. The monoisotopic (exact) mass is 336 g/mol. The first-order valence-corrected chi connectivity index (χ1v) is 8.71. The minimum Gasteiger partial charge on any atom is -0.369 e. The number of hydrogen-bond acceptors (Lipinski definition) is 1. The summed E-state index contributed by atoms with van der Waals surface area (Å²) in [7, 11) is 0. The molecule has 0 saturated heterocycles. The zero-order valence-corrected chi connectivity index (χ0v) is 14.2. The normalized spacial score (nSPS) is 12.3. The molecule has 0 fully saturated rings. The first-order valence-electron chi connectivity index (χ1n) is 7.80. The minimum absolute atomic E-state index is 0.108. The molecule has 0 bridgehead atoms. The van der Waals surface area contributed by atoms with E-state index in [1.165, 1.54) is 0 Å². The van der Waals surface area contributed by atoms with E-state index in [1.54, 1.807) is 0 Å². The summed E-state index contributed by atoms with van der Waals surface area (Å²) in [5.74, 6) is 0.743. The predicted octanol–water partition coefficient (Wildman–Crippen LogP) is 6.25. The lowest BCUT2D eigenvalue weighted by Crippen LogP contribution is -2.08. The van der Waals surface area contributed by atoms with Crippen molar-refractivity contribution in [1.82, 2.24) is 0 Å². The van der Waals surface area contributed by atoms with Crippen LogP contribution in [0.15, 0.2) is 54.6 Å². The Balaban J connectivity index is 2.02. The molecule has 1 atom stereocenters. The number of alkyl halides is 1. The van der Waals surface area contributed by atoms with Crippen molar-refractivity contribution in [2.45, 2.75) is 31.8 Å². The highest BCUT2D eigenvalue weighted by Gasteiger charge is 2.17. The lowest BCUT2D eigenvalue weighted by atomic mass is 10.0. The molecule has 0 spiro atoms. The summed E-state index contributed by atoms with van der Waals surface area (Å²) in [6.07, 6.45) is 4.33. The van der Waals surface area contributed by atoms with Crippen molar-refractivity contribution >= 4 is 23.2 Å². The van der Waals surface area contributed by atoms with Gasteiger partial charge in [-0.1, -0.05) is 73.0 Å². The van der Waals surface area contributed by atoms with Crippen LogP contribution in [-0.4, -0.2) is 12.5 Å². The van der Waals surface area contributed by atoms with Gasteiger partial charge in [-0.05, 0) is 24.5 Å². The summed E-state index contributed by atoms with van der Waals surface area (Å²) in [6, 6.07) is 18.1. The number of hydrogen-bond donors (Lipinski definition) is 0. The standard InChI is InChI=1S/C19H22Cl2O/c20-14-8-1-2-9-15-22-19(16-10-4-3-5-11-16)17-12-6-7-13-18(17)21/h3-7,10-13,19H,1-2,8-9,14-15H2. The third-order valence-electron chi connectivity index (χ3n) is 3.60. The first kappa shape index (κ1) is 17.3. The van der Waals surface area contributed by atoms with E-state index < -0.39 is 0 Å². The lowest BCUT2D eigenvalue weighted by Gasteiger charge is -2.20. The molecule has 0 aliphatic rings. The third kappa shape index (κ3) is 5.31. The van der Waals surface area contributed by atoms with E-state index in [1.807, 2.05) is 42.5 Å². The summed E-state index contributed by atoms with van der Waals surface area (Å²) < 4.78 is 6.16. The second-order valence-corrected chi connectivity index (χ2v) is 6.07. The van der Waals surface area contributed by atoms with Crippen LogP contribution in [0.25, 0.3) is 0 Å². The van der Waals surface area contributed by atoms with E-state index in [4.69, 9.17) is 27.9 Å². The molecule has 0 amide bonds. The molecule has 2 aromatic rings. The maximum absolute atomic E-state index is 6.36. The summed E-state index contributed by atoms with van der Waals surface area (Å²) >= 11 is 12.1. The molecule has 1 nitrogen and oxygen atoms in total. The molecule has 0 saturated carbocycles. The maximum atomic E-state index is 6.36. The van der Waals surface area contributed by atoms with Crippen molar-refractivity contribution in [2.75, 3.05) is 12.5 Å². The Morgan fingerprint density at radius 1 is 0.818 bits per heavy atom. The Kier molecular flexibility index (Phi) is 7.79. The molecule has 3 heteroatoms. The van der Waals surface area contributed by atoms with Crippen molar-refractivity contribution < 1.29 is 4.74 Å². The highest BCUT2D eigenvalue weighted by atomic mass is 35.5. The maximum Gasteiger partial charge on any atom is 0.109 e. The van der Waals surface area contributed by atoms with Crippen molar-refractivity contribution in [3.8, 4) is 0 Å². The number of ether oxygens (including phenoxy) is 1. The van der Waals surface area contributed by atoms with Crippen LogP contribution in [0.5, 0.6) is 0 Å². The Hall–Kier alpha value is -1.02. The van der Waals surface area contributed by atoms with E-state index in [0.717, 1.165) is 54.3 Å². The zero-order chi connectivity index (χ0) is 15.6. The number of unbranched alkanes of at least 4 members (excludes halogenated alkanes) is 3. The fourth-order valence-corrected chi connectivity index (χ4v) is 2.86. The molecule has 2 aromatic carbocycles. The molecule has 118 valence electrons. The highest BCUT2D eigenvalue weighted by Crippen LogP contribution is 2.31. The molecule has 0 aliphatic heterocycles. The Labute approximate surface area is 143 Å². The van der Waals surface area contributed by atoms with Crippen LogP contribution in [0.4, 0.5) is 0 Å². The number of rotatable bonds is 9. The van der Waals surface area contributed by atoms with Gasteiger partial charge in [-0.25, -0.2) is 0 Å². The van der Waals surface area contributed by atoms with Crippen molar-refractivity contribution in [1.29, 1.82) is 0 Å². The SMILES string of the molecule is ClCCCCCCOC(c1ccccc1)c1ccccc1Cl. The van der Waals surface area contributed by atoms with E-state index in [9.17, 15) is 0 Å². The van der Waals surface area contributed by atoms with Gasteiger partial charge in [0.05, 0.1) is 0 Å². The molecule has 0 heterocycles. The second kappa shape index (κ2) is 9.89. The van der Waals surface area contributed by atoms with Crippen molar-refractivity contribution in [3.05, 3.63) is 70.7 Å². The van der Waals surface area contributed by atoms with Crippen LogP contribution >= 0.6 is 23.2 Å². The molecular weight excluding hydrogens is 315 g/mol. The lowest BCUT2D eigenvalue weighted by molar-refractivity contribution is 0.0769. The van der Waals surface area contributed by atoms with E-state index in [2.05, 4.69) is 12.1 Å². The van der Waals surface area contributed by atoms with Gasteiger partial charge in [0.25, 0.3) is 0 Å². The molecule has 0 aromatic heterocycles. The molecule has 22 heavy (non-hydrogen) atoms. The van der Waals surface area contributed by atoms with Crippen LogP contribution in [0.1, 0.15) is 42.9 Å². The molecule has 2 rings (SSSR count). The summed E-state index contributed by atoms with van der Waals surface area (Å²) in [5.41, 5.74) is 2.16. The topological polar surface area (TPSA) is 9.23 Å². The van der Waals surface area contributed by atoms with Gasteiger partial charge in [0, 0.05) is 23.1 Å². The van der Waals surface area contributed by atoms with E-state index in [-0.39, 0.29) is 6.10 Å². The molecule has 1 unspecified atom stereocenters. The Bertz CT molecular complexity index is 542. The largest absolute Gasteiger partial charge is 0.369 e.